The summed E-state index contributed by atoms with van der Waals surface area (Å²) in [5.41, 5.74) is 5.48. The van der Waals surface area contributed by atoms with Crippen molar-refractivity contribution in [2.45, 2.75) is 38.5 Å². The predicted molar refractivity (Wildman–Crippen MR) is 40.5 cm³/mol. The molecule has 1 saturated heterocycles. The third-order valence-electron chi connectivity index (χ3n) is 1.60. The zero-order valence-electron chi connectivity index (χ0n) is 6.71. The van der Waals surface area contributed by atoms with Gasteiger partial charge in [-0.05, 0) is 19.3 Å². The average Bonchev–Trinajstić information content (AvgIpc) is 2.40. The number of rotatable bonds is 1. The van der Waals surface area contributed by atoms with Gasteiger partial charge in [0.25, 0.3) is 0 Å². The number of aliphatic hydroxyl groups is 1. The Bertz CT molecular complexity index is 78.0. The van der Waals surface area contributed by atoms with Crippen LogP contribution < -0.4 is 5.73 Å². The van der Waals surface area contributed by atoms with Gasteiger partial charge in [-0.1, -0.05) is 6.92 Å². The van der Waals surface area contributed by atoms with Crippen LogP contribution in [-0.4, -0.2) is 24.5 Å². The molecule has 0 aromatic carbocycles. The molecule has 3 nitrogen and oxygen atoms in total. The lowest BCUT2D eigenvalue weighted by atomic mass is 10.2. The zero-order valence-corrected chi connectivity index (χ0v) is 6.71. The van der Waals surface area contributed by atoms with Gasteiger partial charge in [-0.3, -0.25) is 0 Å². The fourth-order valence-corrected chi connectivity index (χ4v) is 1.03. The second kappa shape index (κ2) is 5.65. The Hall–Kier alpha value is -0.120. The SMILES string of the molecule is CC[C@@H]1CCC(N)O1.CO. The van der Waals surface area contributed by atoms with E-state index in [1.165, 1.54) is 0 Å². The van der Waals surface area contributed by atoms with Gasteiger partial charge in [0.15, 0.2) is 0 Å². The minimum atomic E-state index is 0.0277. The summed E-state index contributed by atoms with van der Waals surface area (Å²) in [7, 11) is 1.00. The van der Waals surface area contributed by atoms with Crippen molar-refractivity contribution in [1.82, 2.24) is 0 Å². The lowest BCUT2D eigenvalue weighted by molar-refractivity contribution is 0.0473. The molecule has 1 heterocycles. The van der Waals surface area contributed by atoms with E-state index in [4.69, 9.17) is 15.6 Å². The van der Waals surface area contributed by atoms with Crippen molar-refractivity contribution in [2.75, 3.05) is 7.11 Å². The Morgan fingerprint density at radius 1 is 1.50 bits per heavy atom. The molecule has 1 rings (SSSR count). The first-order valence-electron chi connectivity index (χ1n) is 3.68. The molecule has 1 fully saturated rings. The predicted octanol–water partition coefficient (Wildman–Crippen LogP) is 0.469. The Labute approximate surface area is 62.2 Å². The highest BCUT2D eigenvalue weighted by Gasteiger charge is 2.19. The number of aliphatic hydroxyl groups excluding tert-OH is 1. The highest BCUT2D eigenvalue weighted by atomic mass is 16.5. The number of ether oxygens (including phenoxy) is 1. The van der Waals surface area contributed by atoms with Gasteiger partial charge >= 0.3 is 0 Å². The molecule has 0 aromatic heterocycles. The van der Waals surface area contributed by atoms with Gasteiger partial charge in [-0.25, -0.2) is 0 Å². The lowest BCUT2D eigenvalue weighted by Gasteiger charge is -2.05. The second-order valence-corrected chi connectivity index (χ2v) is 2.28. The summed E-state index contributed by atoms with van der Waals surface area (Å²) in [6.45, 7) is 2.13. The summed E-state index contributed by atoms with van der Waals surface area (Å²) in [4.78, 5) is 0. The van der Waals surface area contributed by atoms with Gasteiger partial charge in [-0.2, -0.15) is 0 Å². The largest absolute Gasteiger partial charge is 0.400 e. The van der Waals surface area contributed by atoms with Crippen LogP contribution in [0.4, 0.5) is 0 Å². The Kier molecular flexibility index (Phi) is 5.58. The summed E-state index contributed by atoms with van der Waals surface area (Å²) >= 11 is 0. The van der Waals surface area contributed by atoms with Crippen molar-refractivity contribution in [1.29, 1.82) is 0 Å². The summed E-state index contributed by atoms with van der Waals surface area (Å²) in [5, 5.41) is 7.00. The molecular weight excluding hydrogens is 130 g/mol. The summed E-state index contributed by atoms with van der Waals surface area (Å²) in [5.74, 6) is 0. The van der Waals surface area contributed by atoms with Crippen LogP contribution in [0.2, 0.25) is 0 Å². The van der Waals surface area contributed by atoms with Gasteiger partial charge < -0.3 is 15.6 Å². The maximum Gasteiger partial charge on any atom is 0.106 e. The molecule has 3 N–H and O–H groups in total. The van der Waals surface area contributed by atoms with Crippen molar-refractivity contribution >= 4 is 0 Å². The first kappa shape index (κ1) is 9.88. The second-order valence-electron chi connectivity index (χ2n) is 2.28. The topological polar surface area (TPSA) is 55.5 Å². The van der Waals surface area contributed by atoms with Crippen LogP contribution in [0.25, 0.3) is 0 Å². The molecule has 0 saturated carbocycles. The molecule has 1 aliphatic rings. The zero-order chi connectivity index (χ0) is 7.98. The molecule has 0 amide bonds. The molecule has 3 heteroatoms. The monoisotopic (exact) mass is 147 g/mol. The molecule has 0 aliphatic carbocycles. The molecule has 10 heavy (non-hydrogen) atoms. The Morgan fingerprint density at radius 3 is 2.30 bits per heavy atom. The minimum Gasteiger partial charge on any atom is -0.400 e. The first-order chi connectivity index (χ1) is 4.83. The van der Waals surface area contributed by atoms with Crippen LogP contribution in [0.3, 0.4) is 0 Å². The molecule has 0 radical (unpaired) electrons. The quantitative estimate of drug-likeness (QED) is 0.567. The molecule has 0 spiro atoms. The van der Waals surface area contributed by atoms with Crippen LogP contribution >= 0.6 is 0 Å². The highest BCUT2D eigenvalue weighted by molar-refractivity contribution is 4.67. The normalized spacial score (nSPS) is 31.2. The molecule has 62 valence electrons. The van der Waals surface area contributed by atoms with Crippen LogP contribution in [0.5, 0.6) is 0 Å². The van der Waals surface area contributed by atoms with Crippen LogP contribution in [0, 0.1) is 0 Å². The number of nitrogens with two attached hydrogens (primary N) is 1. The van der Waals surface area contributed by atoms with Crippen molar-refractivity contribution in [3.63, 3.8) is 0 Å². The van der Waals surface area contributed by atoms with E-state index in [0.717, 1.165) is 26.4 Å². The van der Waals surface area contributed by atoms with Crippen LogP contribution in [-0.2, 0) is 4.74 Å². The van der Waals surface area contributed by atoms with Crippen molar-refractivity contribution < 1.29 is 9.84 Å². The maximum absolute atomic E-state index is 7.00. The molecular formula is C7H17NO2. The fraction of sp³-hybridized carbons (Fsp3) is 1.00. The van der Waals surface area contributed by atoms with E-state index in [9.17, 15) is 0 Å². The molecule has 0 bridgehead atoms. The minimum absolute atomic E-state index is 0.0277. The van der Waals surface area contributed by atoms with Crippen molar-refractivity contribution in [3.8, 4) is 0 Å². The van der Waals surface area contributed by atoms with Gasteiger partial charge in [-0.15, -0.1) is 0 Å². The summed E-state index contributed by atoms with van der Waals surface area (Å²) < 4.78 is 5.29. The molecule has 1 aliphatic heterocycles. The van der Waals surface area contributed by atoms with Gasteiger partial charge in [0.2, 0.25) is 0 Å². The smallest absolute Gasteiger partial charge is 0.106 e. The van der Waals surface area contributed by atoms with Gasteiger partial charge in [0.1, 0.15) is 6.23 Å². The third kappa shape index (κ3) is 3.15. The maximum atomic E-state index is 7.00. The third-order valence-corrected chi connectivity index (χ3v) is 1.60. The van der Waals surface area contributed by atoms with E-state index >= 15 is 0 Å². The Morgan fingerprint density at radius 2 is 2.10 bits per heavy atom. The fourth-order valence-electron chi connectivity index (χ4n) is 1.03. The summed E-state index contributed by atoms with van der Waals surface area (Å²) in [6, 6.07) is 0. The van der Waals surface area contributed by atoms with Crippen LogP contribution in [0.15, 0.2) is 0 Å². The standard InChI is InChI=1S/C6H13NO.CH4O/c1-2-5-3-4-6(7)8-5;1-2/h5-6H,2-4,7H2,1H3;2H,1H3/t5-,6?;/m1./s1. The number of hydrogen-bond donors (Lipinski definition) is 2. The lowest BCUT2D eigenvalue weighted by Crippen LogP contribution is -2.19. The molecule has 0 aromatic rings. The van der Waals surface area contributed by atoms with E-state index < -0.39 is 0 Å². The van der Waals surface area contributed by atoms with E-state index in [2.05, 4.69) is 6.92 Å². The average molecular weight is 147 g/mol. The van der Waals surface area contributed by atoms with E-state index in [1.54, 1.807) is 0 Å². The van der Waals surface area contributed by atoms with E-state index in [-0.39, 0.29) is 6.23 Å². The van der Waals surface area contributed by atoms with E-state index in [0.29, 0.717) is 6.10 Å². The van der Waals surface area contributed by atoms with Crippen molar-refractivity contribution in [2.24, 2.45) is 5.73 Å². The molecule has 2 atom stereocenters. The Balaban J connectivity index is 0.000000371. The van der Waals surface area contributed by atoms with Crippen molar-refractivity contribution in [3.05, 3.63) is 0 Å². The molecule has 1 unspecified atom stereocenters. The summed E-state index contributed by atoms with van der Waals surface area (Å²) in [6.07, 6.45) is 3.77. The first-order valence-corrected chi connectivity index (χ1v) is 3.68. The highest BCUT2D eigenvalue weighted by Crippen LogP contribution is 2.17. The van der Waals surface area contributed by atoms with Gasteiger partial charge in [0, 0.05) is 7.11 Å². The number of hydrogen-bond acceptors (Lipinski definition) is 3. The van der Waals surface area contributed by atoms with Gasteiger partial charge in [0.05, 0.1) is 6.10 Å². The van der Waals surface area contributed by atoms with Crippen LogP contribution in [0.1, 0.15) is 26.2 Å². The van der Waals surface area contributed by atoms with E-state index in [1.807, 2.05) is 0 Å².